The van der Waals surface area contributed by atoms with Gasteiger partial charge in [-0.2, -0.15) is 10.2 Å². The summed E-state index contributed by atoms with van der Waals surface area (Å²) in [5, 5.41) is 12.8. The Morgan fingerprint density at radius 1 is 1.20 bits per heavy atom. The monoisotopic (exact) mass is 270 g/mol. The van der Waals surface area contributed by atoms with Crippen molar-refractivity contribution in [3.05, 3.63) is 41.3 Å². The van der Waals surface area contributed by atoms with Crippen molar-refractivity contribution >= 4 is 5.95 Å². The van der Waals surface area contributed by atoms with Gasteiger partial charge in [0.1, 0.15) is 0 Å². The fraction of sp³-hybridized carbons (Fsp3) is 0.357. The Morgan fingerprint density at radius 3 is 2.65 bits per heavy atom. The van der Waals surface area contributed by atoms with E-state index in [2.05, 4.69) is 21.1 Å². The largest absolute Gasteiger partial charge is 0.378 e. The van der Waals surface area contributed by atoms with Gasteiger partial charge in [0.05, 0.1) is 31.3 Å². The molecule has 0 bridgehead atoms. The fourth-order valence-electron chi connectivity index (χ4n) is 2.08. The maximum absolute atomic E-state index is 8.76. The second kappa shape index (κ2) is 5.72. The molecule has 1 aliphatic rings. The van der Waals surface area contributed by atoms with E-state index in [9.17, 15) is 0 Å². The molecule has 1 aromatic carbocycles. The van der Waals surface area contributed by atoms with E-state index < -0.39 is 0 Å². The van der Waals surface area contributed by atoms with Crippen LogP contribution in [0.2, 0.25) is 0 Å². The van der Waals surface area contributed by atoms with Gasteiger partial charge in [0, 0.05) is 13.1 Å². The first kappa shape index (κ1) is 12.6. The molecule has 6 heteroatoms. The Labute approximate surface area is 116 Å². The summed E-state index contributed by atoms with van der Waals surface area (Å²) < 4.78 is 10.6. The molecule has 3 rings (SSSR count). The van der Waals surface area contributed by atoms with Crippen LogP contribution in [0.4, 0.5) is 5.95 Å². The molecule has 0 N–H and O–H groups in total. The number of benzene rings is 1. The molecule has 0 amide bonds. The Kier molecular flexibility index (Phi) is 3.61. The highest BCUT2D eigenvalue weighted by Gasteiger charge is 2.17. The third kappa shape index (κ3) is 2.78. The van der Waals surface area contributed by atoms with Gasteiger partial charge < -0.3 is 14.2 Å². The lowest BCUT2D eigenvalue weighted by Gasteiger charge is -2.24. The van der Waals surface area contributed by atoms with Crippen LogP contribution in [-0.4, -0.2) is 36.4 Å². The van der Waals surface area contributed by atoms with Crippen molar-refractivity contribution < 1.29 is 9.26 Å². The van der Waals surface area contributed by atoms with E-state index in [1.54, 1.807) is 12.1 Å². The molecule has 0 radical (unpaired) electrons. The molecular formula is C14H14N4O2. The van der Waals surface area contributed by atoms with Crippen LogP contribution in [0.15, 0.2) is 28.8 Å². The average molecular weight is 270 g/mol. The van der Waals surface area contributed by atoms with Crippen molar-refractivity contribution in [2.24, 2.45) is 0 Å². The summed E-state index contributed by atoms with van der Waals surface area (Å²) in [6.07, 6.45) is 0.572. The van der Waals surface area contributed by atoms with Crippen LogP contribution >= 0.6 is 0 Å². The Hall–Kier alpha value is -2.39. The first-order valence-electron chi connectivity index (χ1n) is 6.49. The number of hydrogen-bond acceptors (Lipinski definition) is 6. The summed E-state index contributed by atoms with van der Waals surface area (Å²) in [5.41, 5.74) is 1.69. The predicted molar refractivity (Wildman–Crippen MR) is 71.3 cm³/mol. The van der Waals surface area contributed by atoms with E-state index in [4.69, 9.17) is 14.5 Å². The molecular weight excluding hydrogens is 256 g/mol. The molecule has 6 nitrogen and oxygen atoms in total. The number of ether oxygens (including phenoxy) is 1. The number of nitrogens with zero attached hydrogens (tertiary/aromatic N) is 4. The van der Waals surface area contributed by atoms with Crippen LogP contribution in [0.5, 0.6) is 0 Å². The molecule has 0 saturated carbocycles. The smallest absolute Gasteiger partial charge is 0.266 e. The summed E-state index contributed by atoms with van der Waals surface area (Å²) in [6.45, 7) is 2.96. The van der Waals surface area contributed by atoms with Crippen LogP contribution in [0.1, 0.15) is 17.0 Å². The van der Waals surface area contributed by atoms with Crippen molar-refractivity contribution in [1.82, 2.24) is 10.1 Å². The molecule has 1 aromatic heterocycles. The molecule has 2 heterocycles. The molecule has 2 aromatic rings. The minimum Gasteiger partial charge on any atom is -0.378 e. The lowest BCUT2D eigenvalue weighted by Crippen LogP contribution is -2.36. The first-order valence-corrected chi connectivity index (χ1v) is 6.49. The van der Waals surface area contributed by atoms with Gasteiger partial charge in [0.25, 0.3) is 5.95 Å². The molecule has 102 valence electrons. The topological polar surface area (TPSA) is 75.2 Å². The van der Waals surface area contributed by atoms with Crippen LogP contribution in [-0.2, 0) is 11.2 Å². The lowest BCUT2D eigenvalue weighted by atomic mass is 10.1. The van der Waals surface area contributed by atoms with Gasteiger partial charge in [0.2, 0.25) is 5.89 Å². The molecule has 0 unspecified atom stereocenters. The van der Waals surface area contributed by atoms with Gasteiger partial charge in [-0.15, -0.1) is 0 Å². The maximum Gasteiger partial charge on any atom is 0.266 e. The highest BCUT2D eigenvalue weighted by Crippen LogP contribution is 2.14. The molecule has 0 atom stereocenters. The summed E-state index contributed by atoms with van der Waals surface area (Å²) in [6, 6.07) is 9.47. The number of hydrogen-bond donors (Lipinski definition) is 0. The highest BCUT2D eigenvalue weighted by atomic mass is 16.5. The molecule has 1 aliphatic heterocycles. The molecule has 1 fully saturated rings. The van der Waals surface area contributed by atoms with Crippen LogP contribution in [0.3, 0.4) is 0 Å². The van der Waals surface area contributed by atoms with E-state index in [0.29, 0.717) is 37.0 Å². The van der Waals surface area contributed by atoms with E-state index in [1.807, 2.05) is 12.1 Å². The Morgan fingerprint density at radius 2 is 1.95 bits per heavy atom. The van der Waals surface area contributed by atoms with Crippen LogP contribution in [0.25, 0.3) is 0 Å². The van der Waals surface area contributed by atoms with E-state index >= 15 is 0 Å². The minimum absolute atomic E-state index is 0.572. The molecule has 20 heavy (non-hydrogen) atoms. The zero-order chi connectivity index (χ0) is 13.8. The Bertz CT molecular complexity index is 609. The zero-order valence-electron chi connectivity index (χ0n) is 11.0. The maximum atomic E-state index is 8.76. The van der Waals surface area contributed by atoms with E-state index in [-0.39, 0.29) is 0 Å². The molecule has 1 saturated heterocycles. The molecule has 0 aliphatic carbocycles. The summed E-state index contributed by atoms with van der Waals surface area (Å²) in [4.78, 5) is 6.45. The van der Waals surface area contributed by atoms with Gasteiger partial charge in [-0.1, -0.05) is 12.1 Å². The number of aromatic nitrogens is 2. The normalized spacial score (nSPS) is 15.1. The van der Waals surface area contributed by atoms with Gasteiger partial charge in [0.15, 0.2) is 0 Å². The Balaban J connectivity index is 1.68. The van der Waals surface area contributed by atoms with Gasteiger partial charge in [-0.3, -0.25) is 0 Å². The number of morpholine rings is 1. The van der Waals surface area contributed by atoms with Crippen molar-refractivity contribution in [1.29, 1.82) is 5.26 Å². The van der Waals surface area contributed by atoms with Crippen molar-refractivity contribution in [2.45, 2.75) is 6.42 Å². The standard InChI is InChI=1S/C14H14N4O2/c15-10-12-3-1-11(2-4-12)9-13-16-14(17-20-13)18-5-7-19-8-6-18/h1-4H,5-9H2. The fourth-order valence-corrected chi connectivity index (χ4v) is 2.08. The average Bonchev–Trinajstić information content (AvgIpc) is 2.97. The minimum atomic E-state index is 0.572. The van der Waals surface area contributed by atoms with Gasteiger partial charge >= 0.3 is 0 Å². The number of anilines is 1. The lowest BCUT2D eigenvalue weighted by molar-refractivity contribution is 0.121. The summed E-state index contributed by atoms with van der Waals surface area (Å²) in [7, 11) is 0. The second-order valence-electron chi connectivity index (χ2n) is 4.57. The van der Waals surface area contributed by atoms with E-state index in [1.165, 1.54) is 0 Å². The third-order valence-corrected chi connectivity index (χ3v) is 3.19. The van der Waals surface area contributed by atoms with Gasteiger partial charge in [-0.05, 0) is 22.9 Å². The van der Waals surface area contributed by atoms with E-state index in [0.717, 1.165) is 18.7 Å². The van der Waals surface area contributed by atoms with Crippen LogP contribution in [0, 0.1) is 11.3 Å². The SMILES string of the molecule is N#Cc1ccc(Cc2nc(N3CCOCC3)no2)cc1. The van der Waals surface area contributed by atoms with Crippen LogP contribution < -0.4 is 4.90 Å². The summed E-state index contributed by atoms with van der Waals surface area (Å²) >= 11 is 0. The highest BCUT2D eigenvalue weighted by molar-refractivity contribution is 5.33. The van der Waals surface area contributed by atoms with Gasteiger partial charge in [-0.25, -0.2) is 0 Å². The number of nitriles is 1. The first-order chi connectivity index (χ1) is 9.85. The molecule has 0 spiro atoms. The van der Waals surface area contributed by atoms with Crippen molar-refractivity contribution in [3.63, 3.8) is 0 Å². The quantitative estimate of drug-likeness (QED) is 0.838. The van der Waals surface area contributed by atoms with Crippen molar-refractivity contribution in [3.8, 4) is 6.07 Å². The third-order valence-electron chi connectivity index (χ3n) is 3.19. The second-order valence-corrected chi connectivity index (χ2v) is 4.57. The van der Waals surface area contributed by atoms with Crippen molar-refractivity contribution in [2.75, 3.05) is 31.2 Å². The zero-order valence-corrected chi connectivity index (χ0v) is 11.0. The number of rotatable bonds is 3. The summed E-state index contributed by atoms with van der Waals surface area (Å²) in [5.74, 6) is 1.20. The predicted octanol–water partition coefficient (Wildman–Crippen LogP) is 1.37.